The molecule has 0 aliphatic carbocycles. The van der Waals surface area contributed by atoms with Gasteiger partial charge in [-0.2, -0.15) is 0 Å². The van der Waals surface area contributed by atoms with Crippen LogP contribution in [0.3, 0.4) is 0 Å². The molecule has 0 heterocycles. The second-order valence-corrected chi connectivity index (χ2v) is 13.4. The van der Waals surface area contributed by atoms with Gasteiger partial charge >= 0.3 is 0 Å². The van der Waals surface area contributed by atoms with Crippen LogP contribution in [0.2, 0.25) is 0 Å². The zero-order valence-electron chi connectivity index (χ0n) is 34.5. The van der Waals surface area contributed by atoms with Crippen LogP contribution in [0.1, 0.15) is 79.7 Å². The van der Waals surface area contributed by atoms with E-state index >= 15 is 0 Å². The third kappa shape index (κ3) is 9.69. The van der Waals surface area contributed by atoms with Crippen molar-refractivity contribution < 1.29 is 0 Å². The SMILES string of the molecule is C=CC.C=CC(=C)C.CC.CC.CCC(CC)c1ccc2cc(-c3ccc4ccc(-c5cc6ccc7ccccc7c6c6ccccc56)cc4c3)ccc2c1. The van der Waals surface area contributed by atoms with Crippen molar-refractivity contribution in [1.82, 2.24) is 0 Å². The summed E-state index contributed by atoms with van der Waals surface area (Å²) in [6, 6.07) is 52.3. The molecule has 0 fully saturated rings. The Bertz CT molecular complexity index is 2520. The van der Waals surface area contributed by atoms with Crippen LogP contribution >= 0.6 is 0 Å². The van der Waals surface area contributed by atoms with Gasteiger partial charge in [0.25, 0.3) is 0 Å². The van der Waals surface area contributed by atoms with E-state index in [1.165, 1.54) is 94.5 Å². The maximum Gasteiger partial charge on any atom is -0.00264 e. The van der Waals surface area contributed by atoms with E-state index in [2.05, 4.69) is 173 Å². The molecule has 0 heteroatoms. The average molecular weight is 721 g/mol. The highest BCUT2D eigenvalue weighted by Gasteiger charge is 2.12. The molecule has 0 aromatic heterocycles. The Morgan fingerprint density at radius 3 is 1.58 bits per heavy atom. The summed E-state index contributed by atoms with van der Waals surface area (Å²) in [5, 5.41) is 13.0. The number of hydrogen-bond acceptors (Lipinski definition) is 0. The molecule has 0 unspecified atom stereocenters. The topological polar surface area (TPSA) is 0 Å². The molecule has 0 bridgehead atoms. The van der Waals surface area contributed by atoms with Crippen LogP contribution in [0.25, 0.3) is 76.1 Å². The Kier molecular flexibility index (Phi) is 15.8. The van der Waals surface area contributed by atoms with Gasteiger partial charge in [-0.1, -0.05) is 188 Å². The molecule has 8 aromatic carbocycles. The summed E-state index contributed by atoms with van der Waals surface area (Å²) >= 11 is 0. The molecular formula is C55H60. The predicted octanol–water partition coefficient (Wildman–Crippen LogP) is 17.7. The summed E-state index contributed by atoms with van der Waals surface area (Å²) in [7, 11) is 0. The van der Waals surface area contributed by atoms with Crippen LogP contribution in [-0.2, 0) is 0 Å². The van der Waals surface area contributed by atoms with Gasteiger partial charge in [0.2, 0.25) is 0 Å². The van der Waals surface area contributed by atoms with E-state index < -0.39 is 0 Å². The van der Waals surface area contributed by atoms with Crippen LogP contribution in [0, 0.1) is 0 Å². The Balaban J connectivity index is 0.000000501. The molecule has 0 spiro atoms. The van der Waals surface area contributed by atoms with E-state index in [-0.39, 0.29) is 0 Å². The molecule has 0 radical (unpaired) electrons. The summed E-state index contributed by atoms with van der Waals surface area (Å²) < 4.78 is 0. The molecule has 0 atom stereocenters. The quantitative estimate of drug-likeness (QED) is 0.0911. The predicted molar refractivity (Wildman–Crippen MR) is 252 cm³/mol. The highest BCUT2D eigenvalue weighted by atomic mass is 14.2. The smallest absolute Gasteiger partial charge is 0.00264 e. The molecule has 0 N–H and O–H groups in total. The molecule has 0 nitrogen and oxygen atoms in total. The molecule has 0 saturated heterocycles. The third-order valence-corrected chi connectivity index (χ3v) is 9.90. The fraction of sp³-hybridized carbons (Fsp3) is 0.200. The van der Waals surface area contributed by atoms with Crippen molar-refractivity contribution in [2.24, 2.45) is 0 Å². The highest BCUT2D eigenvalue weighted by molar-refractivity contribution is 6.23. The van der Waals surface area contributed by atoms with Gasteiger partial charge in [-0.15, -0.1) is 6.58 Å². The zero-order chi connectivity index (χ0) is 39.9. The van der Waals surface area contributed by atoms with Crippen molar-refractivity contribution >= 4 is 53.9 Å². The Labute approximate surface area is 331 Å². The number of benzene rings is 8. The average Bonchev–Trinajstić information content (AvgIpc) is 3.25. The molecule has 0 saturated carbocycles. The van der Waals surface area contributed by atoms with Crippen molar-refractivity contribution in [1.29, 1.82) is 0 Å². The first-order chi connectivity index (χ1) is 26.9. The van der Waals surface area contributed by atoms with E-state index in [0.29, 0.717) is 5.92 Å². The summed E-state index contributed by atoms with van der Waals surface area (Å²) in [5.74, 6) is 0.637. The lowest BCUT2D eigenvalue weighted by atomic mass is 9.89. The fourth-order valence-corrected chi connectivity index (χ4v) is 7.17. The van der Waals surface area contributed by atoms with Gasteiger partial charge in [-0.25, -0.2) is 0 Å². The van der Waals surface area contributed by atoms with Crippen molar-refractivity contribution in [2.75, 3.05) is 0 Å². The summed E-state index contributed by atoms with van der Waals surface area (Å²) in [4.78, 5) is 0. The zero-order valence-corrected chi connectivity index (χ0v) is 34.5. The molecule has 0 amide bonds. The molecule has 8 aromatic rings. The Morgan fingerprint density at radius 1 is 0.509 bits per heavy atom. The van der Waals surface area contributed by atoms with Gasteiger partial charge in [-0.3, -0.25) is 0 Å². The van der Waals surface area contributed by atoms with Crippen molar-refractivity contribution in [3.63, 3.8) is 0 Å². The monoisotopic (exact) mass is 720 g/mol. The molecule has 55 heavy (non-hydrogen) atoms. The molecular weight excluding hydrogens is 661 g/mol. The largest absolute Gasteiger partial charge is 0.103 e. The first-order valence-corrected chi connectivity index (χ1v) is 20.2. The fourth-order valence-electron chi connectivity index (χ4n) is 7.17. The van der Waals surface area contributed by atoms with Crippen LogP contribution in [0.15, 0.2) is 177 Å². The standard InChI is InChI=1S/C43H34.C5H8.C3H6.2C2H6/c1-3-28(4-2)31-17-18-33-24-34(20-19-32(33)23-31)35-16-13-29-14-21-36(26-38(29)25-35)42-27-37-22-15-30-9-5-6-10-39(30)43(37)41-12-8-7-11-40(41)42;1-4-5(2)3;1-3-2;2*1-2/h5-28H,3-4H2,1-2H3;4H,1-2H2,3H3;3H,1H2,2H3;2*1-2H3. The van der Waals surface area contributed by atoms with Crippen molar-refractivity contribution in [3.8, 4) is 22.3 Å². The van der Waals surface area contributed by atoms with Crippen LogP contribution < -0.4 is 0 Å². The van der Waals surface area contributed by atoms with Crippen LogP contribution in [-0.4, -0.2) is 0 Å². The normalized spacial score (nSPS) is 10.3. The van der Waals surface area contributed by atoms with Crippen molar-refractivity contribution in [3.05, 3.63) is 183 Å². The van der Waals surface area contributed by atoms with Gasteiger partial charge in [0.05, 0.1) is 0 Å². The number of allylic oxidation sites excluding steroid dienone is 3. The minimum Gasteiger partial charge on any atom is -0.103 e. The summed E-state index contributed by atoms with van der Waals surface area (Å²) in [6.07, 6.45) is 5.84. The van der Waals surface area contributed by atoms with Gasteiger partial charge in [0.15, 0.2) is 0 Å². The maximum atomic E-state index is 3.56. The van der Waals surface area contributed by atoms with Gasteiger partial charge in [0.1, 0.15) is 0 Å². The van der Waals surface area contributed by atoms with E-state index in [1.54, 1.807) is 12.2 Å². The lowest BCUT2D eigenvalue weighted by molar-refractivity contribution is 0.643. The van der Waals surface area contributed by atoms with Gasteiger partial charge < -0.3 is 0 Å². The lowest BCUT2D eigenvalue weighted by Gasteiger charge is -2.14. The van der Waals surface area contributed by atoms with Crippen LogP contribution in [0.5, 0.6) is 0 Å². The molecule has 280 valence electrons. The molecule has 0 aliphatic rings. The first kappa shape index (κ1) is 42.0. The number of hydrogen-bond donors (Lipinski definition) is 0. The second kappa shape index (κ2) is 20.7. The third-order valence-electron chi connectivity index (χ3n) is 9.90. The first-order valence-electron chi connectivity index (χ1n) is 20.2. The summed E-state index contributed by atoms with van der Waals surface area (Å²) in [6.45, 7) is 26.8. The number of rotatable bonds is 6. The second-order valence-electron chi connectivity index (χ2n) is 13.4. The highest BCUT2D eigenvalue weighted by Crippen LogP contribution is 2.39. The van der Waals surface area contributed by atoms with Crippen LogP contribution in [0.4, 0.5) is 0 Å². The molecule has 8 rings (SSSR count). The Morgan fingerprint density at radius 2 is 0.964 bits per heavy atom. The van der Waals surface area contributed by atoms with Gasteiger partial charge in [-0.05, 0) is 139 Å². The van der Waals surface area contributed by atoms with Gasteiger partial charge in [0, 0.05) is 0 Å². The molecule has 0 aliphatic heterocycles. The number of fused-ring (bicyclic) bond motifs is 7. The minimum atomic E-state index is 0.637. The summed E-state index contributed by atoms with van der Waals surface area (Å²) in [5.41, 5.74) is 7.53. The minimum absolute atomic E-state index is 0.637. The van der Waals surface area contributed by atoms with E-state index in [4.69, 9.17) is 0 Å². The Hall–Kier alpha value is -5.72. The maximum absolute atomic E-state index is 3.56. The van der Waals surface area contributed by atoms with E-state index in [9.17, 15) is 0 Å². The van der Waals surface area contributed by atoms with E-state index in [1.807, 2.05) is 41.5 Å². The van der Waals surface area contributed by atoms with E-state index in [0.717, 1.165) is 5.57 Å². The lowest BCUT2D eigenvalue weighted by Crippen LogP contribution is -1.95. The van der Waals surface area contributed by atoms with Crippen molar-refractivity contribution in [2.45, 2.75) is 74.1 Å².